The van der Waals surface area contributed by atoms with E-state index in [1.54, 1.807) is 0 Å². The summed E-state index contributed by atoms with van der Waals surface area (Å²) in [4.78, 5) is 7.07. The molecule has 0 aliphatic carbocycles. The zero-order valence-corrected chi connectivity index (χ0v) is 10.00. The van der Waals surface area contributed by atoms with Gasteiger partial charge in [-0.2, -0.15) is 18.2 Å². The summed E-state index contributed by atoms with van der Waals surface area (Å²) in [6, 6.07) is 0.843. The molecule has 19 heavy (non-hydrogen) atoms. The fraction of sp³-hybridized carbons (Fsp3) is 0.600. The van der Waals surface area contributed by atoms with E-state index in [1.807, 2.05) is 5.43 Å². The number of aromatic nitrogens is 2. The van der Waals surface area contributed by atoms with E-state index >= 15 is 0 Å². The van der Waals surface area contributed by atoms with Crippen LogP contribution in [0.15, 0.2) is 6.07 Å². The maximum atomic E-state index is 12.6. The van der Waals surface area contributed by atoms with Gasteiger partial charge in [-0.1, -0.05) is 0 Å². The molecule has 0 bridgehead atoms. The van der Waals surface area contributed by atoms with Crippen molar-refractivity contribution in [3.05, 3.63) is 11.8 Å². The highest BCUT2D eigenvalue weighted by molar-refractivity contribution is 5.42. The number of hydrogen-bond donors (Lipinski definition) is 3. The van der Waals surface area contributed by atoms with Crippen LogP contribution in [0.4, 0.5) is 24.9 Å². The van der Waals surface area contributed by atoms with E-state index in [4.69, 9.17) is 10.6 Å². The first-order chi connectivity index (χ1) is 8.99. The van der Waals surface area contributed by atoms with Gasteiger partial charge in [0.25, 0.3) is 0 Å². The normalized spacial score (nSPS) is 19.5. The number of ether oxygens (including phenoxy) is 1. The molecule has 0 aromatic carbocycles. The Balaban J connectivity index is 2.10. The fourth-order valence-corrected chi connectivity index (χ4v) is 1.77. The average molecular weight is 277 g/mol. The van der Waals surface area contributed by atoms with Gasteiger partial charge in [0.1, 0.15) is 5.82 Å². The summed E-state index contributed by atoms with van der Waals surface area (Å²) in [6.45, 7) is 1.08. The van der Waals surface area contributed by atoms with Gasteiger partial charge in [-0.05, 0) is 12.8 Å². The molecule has 0 saturated carbocycles. The molecule has 1 aliphatic heterocycles. The first-order valence-corrected chi connectivity index (χ1v) is 5.77. The highest BCUT2D eigenvalue weighted by Crippen LogP contribution is 2.29. The van der Waals surface area contributed by atoms with Crippen LogP contribution in [0.1, 0.15) is 18.5 Å². The molecule has 106 valence electrons. The van der Waals surface area contributed by atoms with Gasteiger partial charge in [0.05, 0.1) is 6.10 Å². The van der Waals surface area contributed by atoms with Crippen LogP contribution in [-0.2, 0) is 10.9 Å². The number of hydrogen-bond acceptors (Lipinski definition) is 6. The van der Waals surface area contributed by atoms with E-state index in [2.05, 4.69) is 15.3 Å². The van der Waals surface area contributed by atoms with Crippen molar-refractivity contribution >= 4 is 11.8 Å². The van der Waals surface area contributed by atoms with Crippen LogP contribution in [0, 0.1) is 0 Å². The molecule has 0 spiro atoms. The van der Waals surface area contributed by atoms with Crippen molar-refractivity contribution in [3.8, 4) is 0 Å². The van der Waals surface area contributed by atoms with Gasteiger partial charge in [0.15, 0.2) is 5.69 Å². The van der Waals surface area contributed by atoms with Gasteiger partial charge in [-0.15, -0.1) is 0 Å². The number of nitrogens with two attached hydrogens (primary N) is 1. The molecule has 1 aliphatic rings. The highest BCUT2D eigenvalue weighted by Gasteiger charge is 2.33. The largest absolute Gasteiger partial charge is 0.433 e. The van der Waals surface area contributed by atoms with Gasteiger partial charge >= 0.3 is 6.18 Å². The summed E-state index contributed by atoms with van der Waals surface area (Å²) in [7, 11) is 0. The van der Waals surface area contributed by atoms with Crippen molar-refractivity contribution in [3.63, 3.8) is 0 Å². The molecule has 1 saturated heterocycles. The number of alkyl halides is 3. The predicted molar refractivity (Wildman–Crippen MR) is 62.3 cm³/mol. The summed E-state index contributed by atoms with van der Waals surface area (Å²) in [5.41, 5.74) is 0.964. The van der Waals surface area contributed by atoms with E-state index in [1.165, 1.54) is 0 Å². The molecular weight excluding hydrogens is 263 g/mol. The van der Waals surface area contributed by atoms with E-state index in [0.717, 1.165) is 18.9 Å². The van der Waals surface area contributed by atoms with Crippen LogP contribution >= 0.6 is 0 Å². The molecule has 0 radical (unpaired) electrons. The molecule has 9 heteroatoms. The molecule has 6 nitrogen and oxygen atoms in total. The van der Waals surface area contributed by atoms with E-state index in [9.17, 15) is 13.2 Å². The predicted octanol–water partition coefficient (Wildman–Crippen LogP) is 1.37. The minimum absolute atomic E-state index is 0.00131. The maximum Gasteiger partial charge on any atom is 0.433 e. The van der Waals surface area contributed by atoms with Crippen molar-refractivity contribution in [1.82, 2.24) is 9.97 Å². The zero-order chi connectivity index (χ0) is 13.9. The zero-order valence-electron chi connectivity index (χ0n) is 10.00. The standard InChI is InChI=1S/C10H14F3N5O/c11-10(12,13)7-4-8(17-9(16-7)18-14)15-5-6-2-1-3-19-6/h4,6H,1-3,5,14H2,(H2,15,16,17,18). The minimum atomic E-state index is -4.55. The Morgan fingerprint density at radius 2 is 2.21 bits per heavy atom. The summed E-state index contributed by atoms with van der Waals surface area (Å²) < 4.78 is 43.2. The van der Waals surface area contributed by atoms with Crippen LogP contribution in [0.25, 0.3) is 0 Å². The fourth-order valence-electron chi connectivity index (χ4n) is 1.77. The van der Waals surface area contributed by atoms with Crippen molar-refractivity contribution < 1.29 is 17.9 Å². The first-order valence-electron chi connectivity index (χ1n) is 5.77. The Morgan fingerprint density at radius 3 is 2.79 bits per heavy atom. The second-order valence-corrected chi connectivity index (χ2v) is 4.12. The molecular formula is C10H14F3N5O. The highest BCUT2D eigenvalue weighted by atomic mass is 19.4. The Hall–Kier alpha value is -1.61. The van der Waals surface area contributed by atoms with Gasteiger partial charge in [0, 0.05) is 19.2 Å². The van der Waals surface area contributed by atoms with Crippen LogP contribution < -0.4 is 16.6 Å². The lowest BCUT2D eigenvalue weighted by molar-refractivity contribution is -0.141. The topological polar surface area (TPSA) is 85.1 Å². The van der Waals surface area contributed by atoms with Gasteiger partial charge < -0.3 is 10.1 Å². The Morgan fingerprint density at radius 1 is 1.42 bits per heavy atom. The smallest absolute Gasteiger partial charge is 0.376 e. The van der Waals surface area contributed by atoms with Gasteiger partial charge in [-0.25, -0.2) is 10.8 Å². The van der Waals surface area contributed by atoms with Crippen molar-refractivity contribution in [2.45, 2.75) is 25.1 Å². The summed E-state index contributed by atoms with van der Waals surface area (Å²) in [6.07, 6.45) is -2.71. The van der Waals surface area contributed by atoms with E-state index < -0.39 is 11.9 Å². The summed E-state index contributed by atoms with van der Waals surface area (Å²) >= 11 is 0. The molecule has 1 aromatic rings. The quantitative estimate of drug-likeness (QED) is 0.569. The number of halogens is 3. The van der Waals surface area contributed by atoms with Gasteiger partial charge in [-0.3, -0.25) is 5.43 Å². The molecule has 1 atom stereocenters. The van der Waals surface area contributed by atoms with Crippen molar-refractivity contribution in [1.29, 1.82) is 0 Å². The average Bonchev–Trinajstić information content (AvgIpc) is 2.88. The lowest BCUT2D eigenvalue weighted by Gasteiger charge is -2.13. The lowest BCUT2D eigenvalue weighted by atomic mass is 10.2. The monoisotopic (exact) mass is 277 g/mol. The summed E-state index contributed by atoms with van der Waals surface area (Å²) in [5.74, 6) is 4.83. The third kappa shape index (κ3) is 3.67. The minimum Gasteiger partial charge on any atom is -0.376 e. The van der Waals surface area contributed by atoms with Crippen LogP contribution in [0.5, 0.6) is 0 Å². The number of nitrogens with one attached hydrogen (secondary N) is 2. The number of nitrogen functional groups attached to an aromatic ring is 1. The molecule has 4 N–H and O–H groups in total. The molecule has 1 fully saturated rings. The molecule has 1 unspecified atom stereocenters. The SMILES string of the molecule is NNc1nc(NCC2CCCO2)cc(C(F)(F)F)n1. The van der Waals surface area contributed by atoms with Crippen molar-refractivity contribution in [2.75, 3.05) is 23.9 Å². The molecule has 2 rings (SSSR count). The first kappa shape index (κ1) is 13.8. The Bertz CT molecular complexity index is 434. The van der Waals surface area contributed by atoms with Gasteiger partial charge in [0.2, 0.25) is 5.95 Å². The van der Waals surface area contributed by atoms with Crippen LogP contribution in [-0.4, -0.2) is 29.2 Å². The summed E-state index contributed by atoms with van der Waals surface area (Å²) in [5, 5.41) is 2.80. The Labute approximate surface area is 107 Å². The third-order valence-electron chi connectivity index (χ3n) is 2.68. The molecule has 0 amide bonds. The van der Waals surface area contributed by atoms with Crippen LogP contribution in [0.2, 0.25) is 0 Å². The lowest BCUT2D eigenvalue weighted by Crippen LogP contribution is -2.21. The number of anilines is 2. The number of nitrogens with zero attached hydrogens (tertiary/aromatic N) is 2. The second kappa shape index (κ2) is 5.57. The number of rotatable bonds is 4. The second-order valence-electron chi connectivity index (χ2n) is 4.12. The van der Waals surface area contributed by atoms with Crippen molar-refractivity contribution in [2.24, 2.45) is 5.84 Å². The number of hydrazine groups is 1. The molecule has 1 aromatic heterocycles. The Kier molecular flexibility index (Phi) is 4.05. The van der Waals surface area contributed by atoms with E-state index in [-0.39, 0.29) is 17.9 Å². The third-order valence-corrected chi connectivity index (χ3v) is 2.68. The van der Waals surface area contributed by atoms with Crippen LogP contribution in [0.3, 0.4) is 0 Å². The van der Waals surface area contributed by atoms with E-state index in [0.29, 0.717) is 13.2 Å². The maximum absolute atomic E-state index is 12.6. The molecule has 2 heterocycles.